The molecule has 7 nitrogen and oxygen atoms in total. The molecule has 6 rings (SSSR count). The number of amides is 2. The molecule has 1 N–H and O–H groups in total. The molecule has 1 atom stereocenters. The fraction of sp³-hybridized carbons (Fsp3) is 0.333. The summed E-state index contributed by atoms with van der Waals surface area (Å²) in [6.45, 7) is 0.367. The van der Waals surface area contributed by atoms with Gasteiger partial charge in [-0.15, -0.1) is 0 Å². The van der Waals surface area contributed by atoms with Gasteiger partial charge in [0.2, 0.25) is 11.8 Å². The number of halogens is 1. The van der Waals surface area contributed by atoms with E-state index in [-0.39, 0.29) is 37.4 Å². The quantitative estimate of drug-likeness (QED) is 0.193. The maximum atomic E-state index is 14.1. The van der Waals surface area contributed by atoms with Gasteiger partial charge in [-0.05, 0) is 60.0 Å². The zero-order valence-electron chi connectivity index (χ0n) is 25.2. The zero-order chi connectivity index (χ0) is 31.4. The highest BCUT2D eigenvalue weighted by molar-refractivity contribution is 7.93. The number of anilines is 1. The molecule has 234 valence electrons. The van der Waals surface area contributed by atoms with Crippen LogP contribution in [0.2, 0.25) is 5.02 Å². The molecule has 45 heavy (non-hydrogen) atoms. The summed E-state index contributed by atoms with van der Waals surface area (Å²) < 4.78 is 28.4. The minimum Gasteiger partial charge on any atom is -0.352 e. The first-order chi connectivity index (χ1) is 21.8. The first-order valence-electron chi connectivity index (χ1n) is 15.7. The second-order valence-electron chi connectivity index (χ2n) is 12.0. The van der Waals surface area contributed by atoms with Crippen molar-refractivity contribution in [3.05, 3.63) is 107 Å². The van der Waals surface area contributed by atoms with Gasteiger partial charge in [-0.25, -0.2) is 8.42 Å². The number of benzene rings is 4. The average Bonchev–Trinajstić information content (AvgIpc) is 3.26. The van der Waals surface area contributed by atoms with E-state index in [2.05, 4.69) is 5.32 Å². The highest BCUT2D eigenvalue weighted by Crippen LogP contribution is 2.42. The number of hydrogen-bond acceptors (Lipinski definition) is 4. The summed E-state index contributed by atoms with van der Waals surface area (Å²) in [5.41, 5.74) is 2.42. The lowest BCUT2D eigenvalue weighted by Crippen LogP contribution is -2.52. The summed E-state index contributed by atoms with van der Waals surface area (Å²) in [6, 6.07) is 27.3. The summed E-state index contributed by atoms with van der Waals surface area (Å²) >= 11 is 6.32. The van der Waals surface area contributed by atoms with Crippen molar-refractivity contribution < 1.29 is 18.0 Å². The number of carbonyl (C=O) groups is 2. The van der Waals surface area contributed by atoms with E-state index in [0.29, 0.717) is 28.4 Å². The minimum atomic E-state index is -3.73. The van der Waals surface area contributed by atoms with Crippen LogP contribution in [0.15, 0.2) is 95.9 Å². The molecule has 0 unspecified atom stereocenters. The van der Waals surface area contributed by atoms with Crippen LogP contribution in [0.1, 0.15) is 56.1 Å². The van der Waals surface area contributed by atoms with Crippen LogP contribution < -0.4 is 9.62 Å². The van der Waals surface area contributed by atoms with Crippen molar-refractivity contribution in [2.24, 2.45) is 0 Å². The predicted octanol–water partition coefficient (Wildman–Crippen LogP) is 6.87. The fourth-order valence-electron chi connectivity index (χ4n) is 6.65. The number of sulfonamides is 1. The van der Waals surface area contributed by atoms with Gasteiger partial charge < -0.3 is 10.2 Å². The van der Waals surface area contributed by atoms with Crippen LogP contribution in [0.5, 0.6) is 0 Å². The summed E-state index contributed by atoms with van der Waals surface area (Å²) in [4.78, 5) is 30.1. The monoisotopic (exact) mass is 643 g/mol. The van der Waals surface area contributed by atoms with Crippen LogP contribution in [-0.4, -0.2) is 43.8 Å². The summed E-state index contributed by atoms with van der Waals surface area (Å²) in [5.74, 6) is -0.368. The Morgan fingerprint density at radius 2 is 1.60 bits per heavy atom. The highest BCUT2D eigenvalue weighted by Gasteiger charge is 2.36. The Labute approximate surface area is 270 Å². The first-order valence-corrected chi connectivity index (χ1v) is 17.6. The molecule has 1 aliphatic heterocycles. The van der Waals surface area contributed by atoms with E-state index in [0.717, 1.165) is 47.6 Å². The third kappa shape index (κ3) is 6.87. The Balaban J connectivity index is 1.25. The second-order valence-corrected chi connectivity index (χ2v) is 14.3. The lowest BCUT2D eigenvalue weighted by atomic mass is 9.94. The van der Waals surface area contributed by atoms with Crippen LogP contribution in [0.4, 0.5) is 5.69 Å². The van der Waals surface area contributed by atoms with Gasteiger partial charge in [-0.2, -0.15) is 0 Å². The summed E-state index contributed by atoms with van der Waals surface area (Å²) in [7, 11) is -3.73. The smallest absolute Gasteiger partial charge is 0.265 e. The molecule has 0 spiro atoms. The average molecular weight is 644 g/mol. The number of nitrogens with one attached hydrogen (secondary N) is 1. The molecule has 0 radical (unpaired) electrons. The van der Waals surface area contributed by atoms with E-state index in [1.54, 1.807) is 23.1 Å². The lowest BCUT2D eigenvalue weighted by Gasteiger charge is -2.33. The molecule has 1 fully saturated rings. The molecular weight excluding hydrogens is 606 g/mol. The van der Waals surface area contributed by atoms with Crippen molar-refractivity contribution in [2.45, 2.75) is 74.9 Å². The van der Waals surface area contributed by atoms with E-state index >= 15 is 0 Å². The molecule has 4 aromatic carbocycles. The van der Waals surface area contributed by atoms with Crippen molar-refractivity contribution in [2.75, 3.05) is 10.8 Å². The molecule has 1 heterocycles. The van der Waals surface area contributed by atoms with Gasteiger partial charge in [0, 0.05) is 42.4 Å². The van der Waals surface area contributed by atoms with Crippen LogP contribution in [0, 0.1) is 0 Å². The second kappa shape index (κ2) is 13.6. The first kappa shape index (κ1) is 31.1. The molecule has 9 heteroatoms. The molecular formula is C36H38ClN3O4S. The van der Waals surface area contributed by atoms with E-state index in [1.165, 1.54) is 10.7 Å². The largest absolute Gasteiger partial charge is 0.352 e. The zero-order valence-corrected chi connectivity index (χ0v) is 26.8. The van der Waals surface area contributed by atoms with Gasteiger partial charge in [-0.1, -0.05) is 97.6 Å². The predicted molar refractivity (Wildman–Crippen MR) is 179 cm³/mol. The molecule has 1 saturated carbocycles. The topological polar surface area (TPSA) is 86.8 Å². The number of nitrogens with zero attached hydrogens (tertiary/aromatic N) is 2. The third-order valence-electron chi connectivity index (χ3n) is 8.90. The van der Waals surface area contributed by atoms with Crippen molar-refractivity contribution in [1.29, 1.82) is 0 Å². The molecule has 1 aliphatic carbocycles. The molecule has 0 aromatic heterocycles. The Kier molecular flexibility index (Phi) is 9.42. The van der Waals surface area contributed by atoms with Gasteiger partial charge in [0.15, 0.2) is 0 Å². The van der Waals surface area contributed by atoms with Crippen LogP contribution in [-0.2, 0) is 32.6 Å². The molecule has 0 saturated heterocycles. The Bertz CT molecular complexity index is 1790. The molecule has 0 bridgehead atoms. The van der Waals surface area contributed by atoms with E-state index in [4.69, 9.17) is 11.6 Å². The fourth-order valence-corrected chi connectivity index (χ4v) is 8.61. The lowest BCUT2D eigenvalue weighted by molar-refractivity contribution is -0.141. The van der Waals surface area contributed by atoms with Crippen molar-refractivity contribution >= 4 is 49.9 Å². The SMILES string of the molecule is O=C(NC1CCCCC1)[C@H](Cc1ccccc1)N(Cc1cccc(Cl)c1)C(=O)CCCN1c2cccc3cccc(c23)S1(=O)=O. The van der Waals surface area contributed by atoms with Crippen molar-refractivity contribution in [3.8, 4) is 0 Å². The van der Waals surface area contributed by atoms with Crippen molar-refractivity contribution in [3.63, 3.8) is 0 Å². The van der Waals surface area contributed by atoms with Crippen LogP contribution >= 0.6 is 11.6 Å². The standard InChI is InChI=1S/C36H38ClN3O4S/c37-29-16-7-13-27(23-29)25-39(32(24-26-11-3-1-4-12-26)36(42)38-30-17-5-2-6-18-30)34(41)21-10-22-40-31-19-8-14-28-15-9-20-33(35(28)31)45(40,43)44/h1,3-4,7-9,11-16,19-20,23,30,32H,2,5-6,10,17-18,21-22,24-25H2,(H,38,42)/t32-/m0/s1. The third-order valence-corrected chi connectivity index (χ3v) is 11.0. The highest BCUT2D eigenvalue weighted by atomic mass is 35.5. The summed E-state index contributed by atoms with van der Waals surface area (Å²) in [5, 5.41) is 5.40. The van der Waals surface area contributed by atoms with Gasteiger partial charge in [0.1, 0.15) is 6.04 Å². The molecule has 4 aromatic rings. The number of carbonyl (C=O) groups excluding carboxylic acids is 2. The summed E-state index contributed by atoms with van der Waals surface area (Å²) in [6.07, 6.45) is 5.95. The number of rotatable bonds is 11. The maximum absolute atomic E-state index is 14.1. The van der Waals surface area contributed by atoms with Gasteiger partial charge in [0.05, 0.1) is 10.6 Å². The van der Waals surface area contributed by atoms with Gasteiger partial charge in [0.25, 0.3) is 10.0 Å². The van der Waals surface area contributed by atoms with Crippen molar-refractivity contribution in [1.82, 2.24) is 10.2 Å². The van der Waals surface area contributed by atoms with E-state index < -0.39 is 16.1 Å². The Morgan fingerprint density at radius 1 is 0.889 bits per heavy atom. The normalized spacial score (nSPS) is 16.4. The Morgan fingerprint density at radius 3 is 2.36 bits per heavy atom. The maximum Gasteiger partial charge on any atom is 0.265 e. The Hall–Kier alpha value is -3.88. The van der Waals surface area contributed by atoms with Crippen LogP contribution in [0.25, 0.3) is 10.8 Å². The van der Waals surface area contributed by atoms with Gasteiger partial charge >= 0.3 is 0 Å². The van der Waals surface area contributed by atoms with Gasteiger partial charge in [-0.3, -0.25) is 13.9 Å². The minimum absolute atomic E-state index is 0.0842. The van der Waals surface area contributed by atoms with E-state index in [1.807, 2.05) is 72.8 Å². The van der Waals surface area contributed by atoms with Crippen LogP contribution in [0.3, 0.4) is 0 Å². The molecule has 2 amide bonds. The van der Waals surface area contributed by atoms with E-state index in [9.17, 15) is 18.0 Å². The number of hydrogen-bond donors (Lipinski definition) is 1. The molecule has 2 aliphatic rings.